The SMILES string of the molecule is O=C1CCC(N2Cc3cc(N4CCN(CC5CCN(c6ccc(C7c8ccc(O)cc8OCC7c7ccc(F)cc7)cc6F)CC5)CC4)ccc3C2=O)C(=O)N1. The number of carbonyl (C=O) groups excluding carboxylic acids is 3. The van der Waals surface area contributed by atoms with Gasteiger partial charge in [-0.2, -0.15) is 0 Å². The van der Waals surface area contributed by atoms with Crippen LogP contribution >= 0.6 is 0 Å². The average molecular weight is 762 g/mol. The maximum Gasteiger partial charge on any atom is 0.255 e. The van der Waals surface area contributed by atoms with Gasteiger partial charge in [0.25, 0.3) is 5.91 Å². The predicted molar refractivity (Wildman–Crippen MR) is 207 cm³/mol. The summed E-state index contributed by atoms with van der Waals surface area (Å²) in [6.45, 7) is 6.88. The first-order chi connectivity index (χ1) is 27.2. The summed E-state index contributed by atoms with van der Waals surface area (Å²) < 4.78 is 35.9. The molecule has 0 aliphatic carbocycles. The quantitative estimate of drug-likeness (QED) is 0.229. The minimum Gasteiger partial charge on any atom is -0.508 e. The number of benzene rings is 4. The lowest BCUT2D eigenvalue weighted by Gasteiger charge is -2.40. The number of anilines is 2. The fraction of sp³-hybridized carbons (Fsp3) is 0.386. The van der Waals surface area contributed by atoms with Gasteiger partial charge < -0.3 is 24.5 Å². The largest absolute Gasteiger partial charge is 0.508 e. The summed E-state index contributed by atoms with van der Waals surface area (Å²) >= 11 is 0. The standard InChI is InChI=1S/C44H45F2N5O5/c45-31-4-1-28(2-5-31)36-26-56-40-23-33(52)7-9-35(40)42(36)29-3-10-38(37(46)22-29)50-15-13-27(14-16-50)24-48-17-19-49(20-18-48)32-6-8-34-30(21-32)25-51(44(34)55)39-11-12-41(53)47-43(39)54/h1-10,21-23,27,36,39,42,52H,11-20,24-26H2,(H,47,53,54). The van der Waals surface area contributed by atoms with E-state index in [0.29, 0.717) is 42.5 Å². The number of ether oxygens (including phenoxy) is 1. The van der Waals surface area contributed by atoms with Crippen molar-refractivity contribution >= 4 is 29.1 Å². The highest BCUT2D eigenvalue weighted by molar-refractivity contribution is 6.05. The second kappa shape index (κ2) is 14.9. The molecular weight excluding hydrogens is 717 g/mol. The van der Waals surface area contributed by atoms with Crippen LogP contribution in [-0.2, 0) is 16.1 Å². The molecule has 3 fully saturated rings. The van der Waals surface area contributed by atoms with Gasteiger partial charge in [-0.3, -0.25) is 24.6 Å². The Morgan fingerprint density at radius 1 is 0.786 bits per heavy atom. The Labute approximate surface area is 324 Å². The van der Waals surface area contributed by atoms with Crippen molar-refractivity contribution in [1.82, 2.24) is 15.1 Å². The third-order valence-electron chi connectivity index (χ3n) is 12.5. The van der Waals surface area contributed by atoms with E-state index in [4.69, 9.17) is 4.74 Å². The van der Waals surface area contributed by atoms with Crippen molar-refractivity contribution < 1.29 is 33.0 Å². The van der Waals surface area contributed by atoms with Crippen molar-refractivity contribution in [2.24, 2.45) is 5.92 Å². The van der Waals surface area contributed by atoms with Gasteiger partial charge in [-0.15, -0.1) is 0 Å². The van der Waals surface area contributed by atoms with Gasteiger partial charge in [-0.25, -0.2) is 8.78 Å². The molecule has 3 atom stereocenters. The van der Waals surface area contributed by atoms with Crippen molar-refractivity contribution in [1.29, 1.82) is 0 Å². The summed E-state index contributed by atoms with van der Waals surface area (Å²) in [6, 6.07) is 22.3. The molecule has 0 spiro atoms. The normalized spacial score (nSPS) is 23.1. The molecule has 10 nitrogen and oxygen atoms in total. The minimum absolute atomic E-state index is 0.104. The summed E-state index contributed by atoms with van der Waals surface area (Å²) in [5, 5.41) is 12.5. The second-order valence-electron chi connectivity index (χ2n) is 15.8. The summed E-state index contributed by atoms with van der Waals surface area (Å²) in [6.07, 6.45) is 2.55. The van der Waals surface area contributed by atoms with Crippen LogP contribution < -0.4 is 19.9 Å². The Morgan fingerprint density at radius 3 is 2.30 bits per heavy atom. The number of nitrogens with one attached hydrogen (secondary N) is 1. The van der Waals surface area contributed by atoms with Crippen LogP contribution in [0.4, 0.5) is 20.2 Å². The van der Waals surface area contributed by atoms with Gasteiger partial charge in [-0.1, -0.05) is 24.3 Å². The highest BCUT2D eigenvalue weighted by Gasteiger charge is 2.40. The van der Waals surface area contributed by atoms with Gasteiger partial charge in [0.15, 0.2) is 0 Å². The van der Waals surface area contributed by atoms with E-state index in [1.165, 1.54) is 12.1 Å². The van der Waals surface area contributed by atoms with E-state index in [9.17, 15) is 23.9 Å². The van der Waals surface area contributed by atoms with E-state index < -0.39 is 11.9 Å². The number of piperazine rings is 1. The number of hydrogen-bond acceptors (Lipinski definition) is 8. The van der Waals surface area contributed by atoms with Crippen molar-refractivity contribution in [2.45, 2.75) is 50.1 Å². The fourth-order valence-corrected chi connectivity index (χ4v) is 9.45. The maximum absolute atomic E-state index is 16.1. The molecule has 2 N–H and O–H groups in total. The molecule has 0 bridgehead atoms. The first-order valence-corrected chi connectivity index (χ1v) is 19.7. The molecule has 0 radical (unpaired) electrons. The highest BCUT2D eigenvalue weighted by atomic mass is 19.1. The van der Waals surface area contributed by atoms with Crippen molar-refractivity contribution in [3.63, 3.8) is 0 Å². The molecule has 4 aromatic rings. The van der Waals surface area contributed by atoms with Gasteiger partial charge in [-0.05, 0) is 90.4 Å². The molecule has 5 aliphatic rings. The number of hydrogen-bond donors (Lipinski definition) is 2. The van der Waals surface area contributed by atoms with Crippen LogP contribution in [0.1, 0.15) is 70.1 Å². The molecule has 0 saturated carbocycles. The topological polar surface area (TPSA) is 106 Å². The van der Waals surface area contributed by atoms with Crippen LogP contribution in [0, 0.1) is 17.6 Å². The van der Waals surface area contributed by atoms with E-state index >= 15 is 4.39 Å². The zero-order valence-corrected chi connectivity index (χ0v) is 31.1. The first kappa shape index (κ1) is 36.2. The summed E-state index contributed by atoms with van der Waals surface area (Å²) in [5.74, 6) is -0.616. The number of piperidine rings is 2. The van der Waals surface area contributed by atoms with Crippen LogP contribution in [0.15, 0.2) is 78.9 Å². The van der Waals surface area contributed by atoms with Crippen molar-refractivity contribution in [3.05, 3.63) is 118 Å². The third kappa shape index (κ3) is 6.95. The van der Waals surface area contributed by atoms with E-state index in [-0.39, 0.29) is 47.5 Å². The molecule has 3 unspecified atom stereocenters. The van der Waals surface area contributed by atoms with E-state index in [0.717, 1.165) is 86.6 Å². The van der Waals surface area contributed by atoms with Gasteiger partial charge in [0.2, 0.25) is 11.8 Å². The molecule has 3 amide bonds. The number of fused-ring (bicyclic) bond motifs is 2. The number of halogens is 2. The monoisotopic (exact) mass is 761 g/mol. The van der Waals surface area contributed by atoms with E-state index in [2.05, 4.69) is 26.1 Å². The Kier molecular flexibility index (Phi) is 9.60. The lowest BCUT2D eigenvalue weighted by molar-refractivity contribution is -0.136. The molecular formula is C44H45F2N5O5. The molecule has 0 aromatic heterocycles. The zero-order valence-electron chi connectivity index (χ0n) is 31.1. The van der Waals surface area contributed by atoms with Crippen molar-refractivity contribution in [3.8, 4) is 11.5 Å². The molecule has 9 rings (SSSR count). The smallest absolute Gasteiger partial charge is 0.255 e. The minimum atomic E-state index is -0.618. The first-order valence-electron chi connectivity index (χ1n) is 19.7. The van der Waals surface area contributed by atoms with Crippen LogP contribution in [-0.4, -0.2) is 91.1 Å². The van der Waals surface area contributed by atoms with Crippen LogP contribution in [0.3, 0.4) is 0 Å². The maximum atomic E-state index is 16.1. The Balaban J connectivity index is 0.798. The van der Waals surface area contributed by atoms with Gasteiger partial charge in [0, 0.05) is 93.5 Å². The van der Waals surface area contributed by atoms with Crippen LogP contribution in [0.2, 0.25) is 0 Å². The van der Waals surface area contributed by atoms with E-state index in [1.54, 1.807) is 35.2 Å². The number of aromatic hydroxyl groups is 1. The van der Waals surface area contributed by atoms with Gasteiger partial charge in [0.05, 0.1) is 12.3 Å². The second-order valence-corrected chi connectivity index (χ2v) is 15.8. The predicted octanol–water partition coefficient (Wildman–Crippen LogP) is 5.78. The average Bonchev–Trinajstić information content (AvgIpc) is 3.53. The molecule has 290 valence electrons. The molecule has 56 heavy (non-hydrogen) atoms. The number of phenols is 1. The Hall–Kier alpha value is -5.49. The van der Waals surface area contributed by atoms with Gasteiger partial charge in [0.1, 0.15) is 29.2 Å². The third-order valence-corrected chi connectivity index (χ3v) is 12.5. The number of imide groups is 1. The molecule has 5 heterocycles. The lowest BCUT2D eigenvalue weighted by atomic mass is 9.75. The number of amides is 3. The number of phenolic OH excluding ortho intramolecular Hbond substituents is 1. The van der Waals surface area contributed by atoms with Crippen LogP contribution in [0.5, 0.6) is 11.5 Å². The summed E-state index contributed by atoms with van der Waals surface area (Å²) in [5.41, 5.74) is 5.81. The molecule has 3 saturated heterocycles. The summed E-state index contributed by atoms with van der Waals surface area (Å²) in [7, 11) is 0. The molecule has 5 aliphatic heterocycles. The molecule has 4 aromatic carbocycles. The Bertz CT molecular complexity index is 2170. The van der Waals surface area contributed by atoms with Crippen molar-refractivity contribution in [2.75, 3.05) is 62.2 Å². The van der Waals surface area contributed by atoms with Gasteiger partial charge >= 0.3 is 0 Å². The number of nitrogens with zero attached hydrogens (tertiary/aromatic N) is 4. The highest BCUT2D eigenvalue weighted by Crippen LogP contribution is 2.47. The molecule has 12 heteroatoms. The number of rotatable bonds is 7. The van der Waals surface area contributed by atoms with E-state index in [1.807, 2.05) is 30.3 Å². The number of carbonyl (C=O) groups is 3. The lowest BCUT2D eigenvalue weighted by Crippen LogP contribution is -2.52. The van der Waals surface area contributed by atoms with Crippen LogP contribution in [0.25, 0.3) is 0 Å². The fourth-order valence-electron chi connectivity index (χ4n) is 9.45. The summed E-state index contributed by atoms with van der Waals surface area (Å²) in [4.78, 5) is 45.8. The zero-order chi connectivity index (χ0) is 38.5. The Morgan fingerprint density at radius 2 is 1.55 bits per heavy atom.